The third-order valence-electron chi connectivity index (χ3n) is 7.11. The van der Waals surface area contributed by atoms with Gasteiger partial charge in [-0.3, -0.25) is 15.1 Å². The first-order valence-corrected chi connectivity index (χ1v) is 8.80. The van der Waals surface area contributed by atoms with Crippen molar-refractivity contribution in [2.24, 2.45) is 33.1 Å². The summed E-state index contributed by atoms with van der Waals surface area (Å²) >= 11 is 0. The number of hydrogen-bond acceptors (Lipinski definition) is 5. The fraction of sp³-hybridized carbons (Fsp3) is 0.889. The quantitative estimate of drug-likeness (QED) is 0.450. The second-order valence-electron chi connectivity index (χ2n) is 9.50. The molecular formula is C18H28N2O4. The topological polar surface area (TPSA) is 81.8 Å². The van der Waals surface area contributed by atoms with Gasteiger partial charge in [0, 0.05) is 16.3 Å². The van der Waals surface area contributed by atoms with Gasteiger partial charge < -0.3 is 4.74 Å². The number of aliphatic imine (C=N–C) groups is 1. The van der Waals surface area contributed by atoms with E-state index in [-0.39, 0.29) is 28.4 Å². The van der Waals surface area contributed by atoms with Gasteiger partial charge in [0.2, 0.25) is 6.54 Å². The Labute approximate surface area is 143 Å². The van der Waals surface area contributed by atoms with Crippen LogP contribution >= 0.6 is 0 Å². The largest absolute Gasteiger partial charge is 0.454 e. The van der Waals surface area contributed by atoms with Crippen LogP contribution in [-0.2, 0) is 9.53 Å². The molecule has 5 atom stereocenters. The Bertz CT molecular complexity index is 619. The zero-order chi connectivity index (χ0) is 18.1. The van der Waals surface area contributed by atoms with E-state index in [1.165, 1.54) is 0 Å². The maximum Gasteiger partial charge on any atom is 0.332 e. The van der Waals surface area contributed by atoms with Crippen LogP contribution in [0.4, 0.5) is 0 Å². The van der Waals surface area contributed by atoms with Crippen molar-refractivity contribution in [3.63, 3.8) is 0 Å². The van der Waals surface area contributed by atoms with Crippen LogP contribution in [0.15, 0.2) is 4.99 Å². The summed E-state index contributed by atoms with van der Waals surface area (Å²) < 4.78 is 5.82. The lowest BCUT2D eigenvalue weighted by Gasteiger charge is -2.39. The highest BCUT2D eigenvalue weighted by molar-refractivity contribution is 6.03. The van der Waals surface area contributed by atoms with Gasteiger partial charge >= 0.3 is 5.97 Å². The molecule has 0 saturated heterocycles. The van der Waals surface area contributed by atoms with Gasteiger partial charge in [-0.05, 0) is 23.7 Å². The van der Waals surface area contributed by atoms with E-state index >= 15 is 0 Å². The van der Waals surface area contributed by atoms with Gasteiger partial charge in [0.15, 0.2) is 6.04 Å². The van der Waals surface area contributed by atoms with Gasteiger partial charge in [-0.2, -0.15) is 0 Å². The number of nitrogens with zero attached hydrogens (tertiary/aromatic N) is 2. The van der Waals surface area contributed by atoms with Crippen molar-refractivity contribution in [1.82, 2.24) is 0 Å². The van der Waals surface area contributed by atoms with E-state index in [0.29, 0.717) is 5.92 Å². The minimum atomic E-state index is -0.770. The minimum Gasteiger partial charge on any atom is -0.454 e. The third-order valence-corrected chi connectivity index (χ3v) is 7.11. The zero-order valence-corrected chi connectivity index (χ0v) is 15.5. The number of rotatable bonds is 3. The minimum absolute atomic E-state index is 0.0337. The molecule has 3 rings (SSSR count). The fourth-order valence-corrected chi connectivity index (χ4v) is 5.04. The molecular weight excluding hydrogens is 308 g/mol. The molecule has 6 heteroatoms. The predicted molar refractivity (Wildman–Crippen MR) is 90.5 cm³/mol. The number of nitro groups is 1. The van der Waals surface area contributed by atoms with E-state index in [0.717, 1.165) is 18.6 Å². The first kappa shape index (κ1) is 17.4. The third kappa shape index (κ3) is 2.21. The number of ether oxygens (including phenoxy) is 1. The predicted octanol–water partition coefficient (Wildman–Crippen LogP) is 3.12. The maximum absolute atomic E-state index is 12.6. The van der Waals surface area contributed by atoms with Crippen LogP contribution in [0.5, 0.6) is 0 Å². The Morgan fingerprint density at radius 2 is 2.00 bits per heavy atom. The molecule has 2 bridgehead atoms. The van der Waals surface area contributed by atoms with E-state index in [2.05, 4.69) is 20.8 Å². The molecule has 6 nitrogen and oxygen atoms in total. The van der Waals surface area contributed by atoms with Crippen molar-refractivity contribution >= 4 is 11.7 Å². The molecule has 1 aliphatic heterocycles. The van der Waals surface area contributed by atoms with Gasteiger partial charge in [-0.1, -0.05) is 41.5 Å². The average molecular weight is 336 g/mol. The summed E-state index contributed by atoms with van der Waals surface area (Å²) in [4.78, 5) is 28.3. The first-order chi connectivity index (χ1) is 10.9. The van der Waals surface area contributed by atoms with Crippen molar-refractivity contribution in [2.75, 3.05) is 6.54 Å². The standard InChI is InChI=1S/C18H28N2O4/c1-16(2,3)11(9-20(22)23)12-15(21)24-13-10-7-8-18(6,14(13)19-12)17(10,4)5/h10-13H,7-9H2,1-6H3/t10-,11-,12+,13-,18+/m1/s1. The second-order valence-corrected chi connectivity index (χ2v) is 9.50. The maximum atomic E-state index is 12.6. The summed E-state index contributed by atoms with van der Waals surface area (Å²) in [5.41, 5.74) is 0.511. The molecule has 0 amide bonds. The van der Waals surface area contributed by atoms with Crippen LogP contribution in [0.1, 0.15) is 54.4 Å². The molecule has 0 aromatic carbocycles. The molecule has 0 radical (unpaired) electrons. The molecule has 2 saturated carbocycles. The summed E-state index contributed by atoms with van der Waals surface area (Å²) in [6.45, 7) is 12.2. The number of esters is 1. The highest BCUT2D eigenvalue weighted by Gasteiger charge is 2.67. The highest BCUT2D eigenvalue weighted by Crippen LogP contribution is 2.65. The van der Waals surface area contributed by atoms with Crippen LogP contribution in [0.2, 0.25) is 0 Å². The average Bonchev–Trinajstić information content (AvgIpc) is 2.74. The van der Waals surface area contributed by atoms with Crippen LogP contribution in [-0.4, -0.2) is 35.3 Å². The van der Waals surface area contributed by atoms with Gasteiger partial charge in [-0.25, -0.2) is 4.79 Å². The van der Waals surface area contributed by atoms with Gasteiger partial charge in [0.1, 0.15) is 6.10 Å². The molecule has 2 fully saturated rings. The van der Waals surface area contributed by atoms with Gasteiger partial charge in [0.25, 0.3) is 0 Å². The van der Waals surface area contributed by atoms with Crippen LogP contribution in [0.25, 0.3) is 0 Å². The van der Waals surface area contributed by atoms with Crippen LogP contribution in [0.3, 0.4) is 0 Å². The van der Waals surface area contributed by atoms with E-state index < -0.39 is 23.3 Å². The summed E-state index contributed by atoms with van der Waals surface area (Å²) in [6.07, 6.45) is 1.85. The molecule has 134 valence electrons. The Balaban J connectivity index is 2.03. The fourth-order valence-electron chi connectivity index (χ4n) is 5.04. The van der Waals surface area contributed by atoms with Gasteiger partial charge in [0.05, 0.1) is 11.6 Å². The Morgan fingerprint density at radius 3 is 2.54 bits per heavy atom. The first-order valence-electron chi connectivity index (χ1n) is 8.80. The molecule has 0 unspecified atom stereocenters. The number of fused-ring (bicyclic) bond motifs is 5. The summed E-state index contributed by atoms with van der Waals surface area (Å²) in [6, 6.07) is -0.770. The normalized spacial score (nSPS) is 38.3. The zero-order valence-electron chi connectivity index (χ0n) is 15.5. The van der Waals surface area contributed by atoms with Crippen molar-refractivity contribution in [3.8, 4) is 0 Å². The number of carbonyl (C=O) groups is 1. The lowest BCUT2D eigenvalue weighted by Crippen LogP contribution is -2.50. The Kier molecular flexibility index (Phi) is 3.63. The molecule has 24 heavy (non-hydrogen) atoms. The molecule has 3 aliphatic rings. The highest BCUT2D eigenvalue weighted by atomic mass is 16.6. The lowest BCUT2D eigenvalue weighted by atomic mass is 9.70. The monoisotopic (exact) mass is 336 g/mol. The van der Waals surface area contributed by atoms with Crippen molar-refractivity contribution < 1.29 is 14.5 Å². The number of carbonyl (C=O) groups excluding carboxylic acids is 1. The van der Waals surface area contributed by atoms with Crippen molar-refractivity contribution in [3.05, 3.63) is 10.1 Å². The van der Waals surface area contributed by atoms with E-state index in [1.807, 2.05) is 20.8 Å². The summed E-state index contributed by atoms with van der Waals surface area (Å²) in [5, 5.41) is 11.1. The summed E-state index contributed by atoms with van der Waals surface area (Å²) in [7, 11) is 0. The van der Waals surface area contributed by atoms with E-state index in [4.69, 9.17) is 9.73 Å². The Morgan fingerprint density at radius 1 is 1.38 bits per heavy atom. The number of hydrogen-bond donors (Lipinski definition) is 0. The van der Waals surface area contributed by atoms with E-state index in [1.54, 1.807) is 0 Å². The molecule has 0 aromatic heterocycles. The lowest BCUT2D eigenvalue weighted by molar-refractivity contribution is -0.492. The van der Waals surface area contributed by atoms with Crippen LogP contribution in [0, 0.1) is 38.2 Å². The molecule has 0 aromatic rings. The SMILES string of the molecule is CC(C)(C)[C@H](C[N+](=O)[O-])[C@@H]1N=C2[C@H](OC1=O)[C@H]1CC[C@]2(C)C1(C)C. The summed E-state index contributed by atoms with van der Waals surface area (Å²) in [5.74, 6) is -0.563. The van der Waals surface area contributed by atoms with E-state index in [9.17, 15) is 14.9 Å². The molecule has 0 spiro atoms. The Hall–Kier alpha value is -1.46. The van der Waals surface area contributed by atoms with Crippen molar-refractivity contribution in [1.29, 1.82) is 0 Å². The van der Waals surface area contributed by atoms with Crippen molar-refractivity contribution in [2.45, 2.75) is 66.5 Å². The molecule has 2 aliphatic carbocycles. The molecule has 0 N–H and O–H groups in total. The molecule has 1 heterocycles. The van der Waals surface area contributed by atoms with Crippen LogP contribution < -0.4 is 0 Å². The van der Waals surface area contributed by atoms with Gasteiger partial charge in [-0.15, -0.1) is 0 Å². The second kappa shape index (κ2) is 5.02. The smallest absolute Gasteiger partial charge is 0.332 e.